The van der Waals surface area contributed by atoms with E-state index < -0.39 is 11.7 Å². The number of anilines is 1. The number of thiazole rings is 1. The Morgan fingerprint density at radius 1 is 1.20 bits per heavy atom. The predicted octanol–water partition coefficient (Wildman–Crippen LogP) is 6.41. The monoisotopic (exact) mass is 506 g/mol. The van der Waals surface area contributed by atoms with Gasteiger partial charge in [-0.2, -0.15) is 13.2 Å². The summed E-state index contributed by atoms with van der Waals surface area (Å²) in [7, 11) is 0. The van der Waals surface area contributed by atoms with E-state index in [2.05, 4.69) is 22.2 Å². The fourth-order valence-electron chi connectivity index (χ4n) is 4.52. The number of likely N-dealkylation sites (tertiary alicyclic amines) is 1. The van der Waals surface area contributed by atoms with Crippen molar-refractivity contribution in [3.05, 3.63) is 63.9 Å². The van der Waals surface area contributed by atoms with Crippen molar-refractivity contribution in [3.63, 3.8) is 0 Å². The van der Waals surface area contributed by atoms with E-state index in [0.717, 1.165) is 36.5 Å². The first-order valence-electron chi connectivity index (χ1n) is 11.5. The molecule has 3 aromatic rings. The van der Waals surface area contributed by atoms with Crippen molar-refractivity contribution in [3.8, 4) is 11.3 Å². The van der Waals surface area contributed by atoms with Gasteiger partial charge in [0.15, 0.2) is 0 Å². The zero-order valence-corrected chi connectivity index (χ0v) is 20.2. The Labute approximate surface area is 205 Å². The highest BCUT2D eigenvalue weighted by molar-refractivity contribution is 7.14. The Hall–Kier alpha value is -3.01. The topological polar surface area (TPSA) is 58.1 Å². The molecule has 10 heteroatoms. The lowest BCUT2D eigenvalue weighted by Crippen LogP contribution is -2.51. The van der Waals surface area contributed by atoms with Gasteiger partial charge in [0.25, 0.3) is 5.91 Å². The van der Waals surface area contributed by atoms with Crippen molar-refractivity contribution in [2.75, 3.05) is 18.4 Å². The second kappa shape index (κ2) is 10.3. The molecule has 0 unspecified atom stereocenters. The maximum Gasteiger partial charge on any atom is 0.417 e. The number of nitrogens with zero attached hydrogens (tertiary/aromatic N) is 3. The zero-order chi connectivity index (χ0) is 25.2. The molecule has 186 valence electrons. The fraction of sp³-hybridized carbons (Fsp3) is 0.400. The number of carbonyl (C=O) groups is 1. The Morgan fingerprint density at radius 2 is 1.94 bits per heavy atom. The summed E-state index contributed by atoms with van der Waals surface area (Å²) in [6.45, 7) is 4.84. The van der Waals surface area contributed by atoms with Crippen LogP contribution in [-0.4, -0.2) is 39.9 Å². The molecule has 5 nitrogen and oxygen atoms in total. The van der Waals surface area contributed by atoms with Crippen LogP contribution in [0.5, 0.6) is 0 Å². The van der Waals surface area contributed by atoms with E-state index in [1.807, 2.05) is 11.8 Å². The number of carbonyl (C=O) groups excluding carboxylic acids is 1. The van der Waals surface area contributed by atoms with Crippen LogP contribution in [-0.2, 0) is 6.18 Å². The van der Waals surface area contributed by atoms with E-state index in [1.165, 1.54) is 29.5 Å². The van der Waals surface area contributed by atoms with Gasteiger partial charge in [-0.05, 0) is 62.1 Å². The van der Waals surface area contributed by atoms with Crippen molar-refractivity contribution < 1.29 is 22.4 Å². The number of piperidine rings is 1. The van der Waals surface area contributed by atoms with Crippen LogP contribution in [0, 0.1) is 18.7 Å². The second-order valence-corrected chi connectivity index (χ2v) is 9.81. The van der Waals surface area contributed by atoms with Crippen LogP contribution in [0.2, 0.25) is 0 Å². The maximum atomic E-state index is 13.8. The number of hydrogen-bond donors (Lipinski definition) is 1. The first-order valence-corrected chi connectivity index (χ1v) is 12.3. The third kappa shape index (κ3) is 5.63. The third-order valence-electron chi connectivity index (χ3n) is 6.33. The number of halogens is 4. The van der Waals surface area contributed by atoms with Gasteiger partial charge < -0.3 is 10.2 Å². The van der Waals surface area contributed by atoms with E-state index in [1.54, 1.807) is 12.1 Å². The van der Waals surface area contributed by atoms with Crippen molar-refractivity contribution >= 4 is 23.1 Å². The molecule has 3 heterocycles. The molecular formula is C25H26F4N4OS. The molecule has 0 radical (unpaired) electrons. The molecule has 1 amide bonds. The number of aryl methyl sites for hydroxylation is 1. The molecule has 1 N–H and O–H groups in total. The first-order chi connectivity index (χ1) is 16.7. The number of benzene rings is 1. The zero-order valence-electron chi connectivity index (χ0n) is 19.4. The first kappa shape index (κ1) is 25.1. The second-order valence-electron chi connectivity index (χ2n) is 8.60. The number of pyridine rings is 1. The molecule has 1 saturated heterocycles. The minimum atomic E-state index is -4.44. The maximum absolute atomic E-state index is 13.8. The summed E-state index contributed by atoms with van der Waals surface area (Å²) < 4.78 is 52.0. The van der Waals surface area contributed by atoms with Gasteiger partial charge in [-0.1, -0.05) is 13.3 Å². The van der Waals surface area contributed by atoms with Gasteiger partial charge in [0.1, 0.15) is 16.5 Å². The van der Waals surface area contributed by atoms with E-state index in [9.17, 15) is 22.4 Å². The molecule has 1 fully saturated rings. The minimum Gasteiger partial charge on any atom is -0.368 e. The lowest BCUT2D eigenvalue weighted by atomic mass is 9.86. The average molecular weight is 507 g/mol. The van der Waals surface area contributed by atoms with Gasteiger partial charge >= 0.3 is 6.18 Å². The summed E-state index contributed by atoms with van der Waals surface area (Å²) in [5, 5.41) is 3.86. The predicted molar refractivity (Wildman–Crippen MR) is 128 cm³/mol. The van der Waals surface area contributed by atoms with Crippen LogP contribution in [0.4, 0.5) is 23.4 Å². The van der Waals surface area contributed by atoms with Crippen molar-refractivity contribution in [1.29, 1.82) is 0 Å². The van der Waals surface area contributed by atoms with Crippen molar-refractivity contribution in [2.45, 2.75) is 45.3 Å². The molecule has 35 heavy (non-hydrogen) atoms. The molecule has 0 saturated carbocycles. The molecule has 1 aromatic carbocycles. The smallest absolute Gasteiger partial charge is 0.368 e. The molecule has 1 aliphatic heterocycles. The molecule has 4 rings (SSSR count). The van der Waals surface area contributed by atoms with E-state index in [-0.39, 0.29) is 23.7 Å². The standard InChI is InChI=1S/C25H26F4N4OS/c1-3-16-5-4-12-33(20(16)14-31-21-11-8-18(13-30-21)25(27,28)29)24(34)23-22(32-15(2)35-23)17-6-9-19(26)10-7-17/h6-11,13,16,20H,3-5,12,14H2,1-2H3,(H,30,31)/t16-,20-/m1/s1. The Kier molecular flexibility index (Phi) is 7.39. The van der Waals surface area contributed by atoms with Crippen LogP contribution >= 0.6 is 11.3 Å². The van der Waals surface area contributed by atoms with Gasteiger partial charge in [-0.25, -0.2) is 14.4 Å². The van der Waals surface area contributed by atoms with Crippen molar-refractivity contribution in [1.82, 2.24) is 14.9 Å². The summed E-state index contributed by atoms with van der Waals surface area (Å²) in [6, 6.07) is 8.05. The fourth-order valence-corrected chi connectivity index (χ4v) is 5.42. The Balaban J connectivity index is 1.57. The molecule has 2 atom stereocenters. The Morgan fingerprint density at radius 3 is 2.57 bits per heavy atom. The van der Waals surface area contributed by atoms with Crippen LogP contribution < -0.4 is 5.32 Å². The van der Waals surface area contributed by atoms with Gasteiger partial charge in [0, 0.05) is 24.8 Å². The largest absolute Gasteiger partial charge is 0.417 e. The lowest BCUT2D eigenvalue weighted by Gasteiger charge is -2.41. The molecule has 1 aliphatic rings. The summed E-state index contributed by atoms with van der Waals surface area (Å²) in [5.41, 5.74) is 0.400. The highest BCUT2D eigenvalue weighted by Gasteiger charge is 2.36. The van der Waals surface area contributed by atoms with Crippen LogP contribution in [0.3, 0.4) is 0 Å². The number of nitrogens with one attached hydrogen (secondary N) is 1. The summed E-state index contributed by atoms with van der Waals surface area (Å²) in [5.74, 6) is 0.0584. The third-order valence-corrected chi connectivity index (χ3v) is 7.29. The SMILES string of the molecule is CC[C@@H]1CCCN(C(=O)c2sc(C)nc2-c2ccc(F)cc2)[C@@H]1CNc1ccc(C(F)(F)F)cn1. The number of alkyl halides is 3. The quantitative estimate of drug-likeness (QED) is 0.392. The van der Waals surface area contributed by atoms with Gasteiger partial charge in [-0.15, -0.1) is 11.3 Å². The lowest BCUT2D eigenvalue weighted by molar-refractivity contribution is -0.137. The number of aromatic nitrogens is 2. The molecule has 0 bridgehead atoms. The van der Waals surface area contributed by atoms with Crippen molar-refractivity contribution in [2.24, 2.45) is 5.92 Å². The molecule has 0 spiro atoms. The normalized spacial score (nSPS) is 18.5. The van der Waals surface area contributed by atoms with Crippen LogP contribution in [0.25, 0.3) is 11.3 Å². The van der Waals surface area contributed by atoms with E-state index in [4.69, 9.17) is 0 Å². The molecular weight excluding hydrogens is 480 g/mol. The summed E-state index contributed by atoms with van der Waals surface area (Å²) in [4.78, 5) is 24.6. The number of rotatable bonds is 6. The molecule has 0 aliphatic carbocycles. The summed E-state index contributed by atoms with van der Waals surface area (Å²) in [6.07, 6.45) is -0.954. The van der Waals surface area contributed by atoms with Crippen LogP contribution in [0.15, 0.2) is 42.6 Å². The van der Waals surface area contributed by atoms with E-state index in [0.29, 0.717) is 35.0 Å². The highest BCUT2D eigenvalue weighted by Crippen LogP contribution is 2.34. The Bertz CT molecular complexity index is 1160. The minimum absolute atomic E-state index is 0.139. The van der Waals surface area contributed by atoms with Gasteiger partial charge in [0.05, 0.1) is 22.3 Å². The van der Waals surface area contributed by atoms with E-state index >= 15 is 0 Å². The highest BCUT2D eigenvalue weighted by atomic mass is 32.1. The van der Waals surface area contributed by atoms with Gasteiger partial charge in [-0.3, -0.25) is 4.79 Å². The summed E-state index contributed by atoms with van der Waals surface area (Å²) >= 11 is 1.31. The molecule has 2 aromatic heterocycles. The average Bonchev–Trinajstić information content (AvgIpc) is 3.23. The van der Waals surface area contributed by atoms with Gasteiger partial charge in [0.2, 0.25) is 0 Å². The van der Waals surface area contributed by atoms with Crippen LogP contribution in [0.1, 0.15) is 46.4 Å². The number of amides is 1. The number of hydrogen-bond acceptors (Lipinski definition) is 5.